The second-order valence-corrected chi connectivity index (χ2v) is 11.0. The highest BCUT2D eigenvalue weighted by atomic mass is 19.2. The lowest BCUT2D eigenvalue weighted by Gasteiger charge is -2.25. The van der Waals surface area contributed by atoms with Crippen LogP contribution in [-0.2, 0) is 0 Å². The van der Waals surface area contributed by atoms with Crippen molar-refractivity contribution in [2.45, 2.75) is 0 Å². The lowest BCUT2D eigenvalue weighted by molar-refractivity contribution is 0.0870. The molecule has 0 saturated carbocycles. The van der Waals surface area contributed by atoms with Gasteiger partial charge in [-0.25, -0.2) is 103 Å². The molecule has 314 valence electrons. The number of pyridine rings is 1. The smallest absolute Gasteiger partial charge is 0.268 e. The summed E-state index contributed by atoms with van der Waals surface area (Å²) in [6.07, 6.45) is 0. The van der Waals surface area contributed by atoms with E-state index >= 15 is 0 Å². The zero-order valence-corrected chi connectivity index (χ0v) is 27.3. The van der Waals surface area contributed by atoms with Crippen molar-refractivity contribution in [3.63, 3.8) is 0 Å². The predicted octanol–water partition coefficient (Wildman–Crippen LogP) is 8.84. The molecular weight excluding hydrogens is 882 g/mol. The van der Waals surface area contributed by atoms with E-state index in [1.54, 1.807) is 0 Å². The Morgan fingerprint density at radius 2 is 0.433 bits per heavy atom. The Kier molecular flexibility index (Phi) is 11.4. The van der Waals surface area contributed by atoms with Gasteiger partial charge in [0.15, 0.2) is 93.1 Å². The van der Waals surface area contributed by atoms with E-state index in [1.807, 2.05) is 0 Å². The van der Waals surface area contributed by atoms with Crippen LogP contribution >= 0.6 is 0 Å². The first kappa shape index (κ1) is 44.0. The Hall–Kier alpha value is -7.09. The number of rotatable bonds is 6. The molecule has 0 N–H and O–H groups in total. The zero-order chi connectivity index (χ0) is 45.3. The summed E-state index contributed by atoms with van der Waals surface area (Å²) < 4.78 is 287. The van der Waals surface area contributed by atoms with Gasteiger partial charge in [0.1, 0.15) is 33.9 Å². The Morgan fingerprint density at radius 3 is 0.600 bits per heavy atom. The molecule has 27 heteroatoms. The SMILES string of the molecule is O=C(c1c(F)c(F)c(F)c(F)c1F)N(C(=O)c1c(F)c(F)c(F)c(F)c1F)c1cccc(N(C(=O)c2c(F)c(F)c(F)c(F)c2F)C(=O)c2c(F)c(F)c(F)c(F)c2F)n1. The molecule has 1 heterocycles. The molecule has 0 bridgehead atoms. The molecule has 7 nitrogen and oxygen atoms in total. The Bertz CT molecular complexity index is 2320. The monoisotopic (exact) mass is 885 g/mol. The average Bonchev–Trinajstić information content (AvgIpc) is 3.21. The molecular formula is C33H3F20N3O4. The number of hydrogen-bond donors (Lipinski definition) is 0. The number of halogens is 20. The number of hydrogen-bond acceptors (Lipinski definition) is 5. The van der Waals surface area contributed by atoms with Gasteiger partial charge in [-0.15, -0.1) is 0 Å². The molecule has 1 aromatic heterocycles. The van der Waals surface area contributed by atoms with E-state index in [2.05, 4.69) is 4.98 Å². The third-order valence-corrected chi connectivity index (χ3v) is 7.68. The van der Waals surface area contributed by atoms with Crippen LogP contribution in [0.2, 0.25) is 0 Å². The number of aromatic nitrogens is 1. The highest BCUT2D eigenvalue weighted by molar-refractivity contribution is 6.27. The van der Waals surface area contributed by atoms with Gasteiger partial charge in [0, 0.05) is 0 Å². The summed E-state index contributed by atoms with van der Waals surface area (Å²) >= 11 is 0. The van der Waals surface area contributed by atoms with E-state index in [0.29, 0.717) is 0 Å². The van der Waals surface area contributed by atoms with E-state index in [9.17, 15) is 107 Å². The molecule has 60 heavy (non-hydrogen) atoms. The van der Waals surface area contributed by atoms with Gasteiger partial charge in [0.2, 0.25) is 23.3 Å². The van der Waals surface area contributed by atoms with Crippen LogP contribution in [0.3, 0.4) is 0 Å². The quantitative estimate of drug-likeness (QED) is 0.0737. The summed E-state index contributed by atoms with van der Waals surface area (Å²) in [6, 6.07) is -0.00437. The van der Waals surface area contributed by atoms with Crippen LogP contribution in [0.4, 0.5) is 99.4 Å². The maximum absolute atomic E-state index is 14.8. The van der Waals surface area contributed by atoms with Crippen molar-refractivity contribution in [2.75, 3.05) is 9.80 Å². The normalized spacial score (nSPS) is 11.3. The first-order valence-corrected chi connectivity index (χ1v) is 14.6. The van der Waals surface area contributed by atoms with Gasteiger partial charge >= 0.3 is 0 Å². The molecule has 0 atom stereocenters. The van der Waals surface area contributed by atoms with Gasteiger partial charge in [-0.3, -0.25) is 19.2 Å². The number of nitrogens with zero attached hydrogens (tertiary/aromatic N) is 3. The Balaban J connectivity index is 1.89. The zero-order valence-electron chi connectivity index (χ0n) is 27.3. The second kappa shape index (κ2) is 15.6. The first-order chi connectivity index (χ1) is 27.8. The molecule has 0 fully saturated rings. The van der Waals surface area contributed by atoms with Crippen molar-refractivity contribution >= 4 is 35.3 Å². The Morgan fingerprint density at radius 1 is 0.283 bits per heavy atom. The van der Waals surface area contributed by atoms with Crippen LogP contribution in [0.25, 0.3) is 0 Å². The van der Waals surface area contributed by atoms with Gasteiger partial charge in [-0.1, -0.05) is 6.07 Å². The molecule has 4 amide bonds. The summed E-state index contributed by atoms with van der Waals surface area (Å²) in [6.45, 7) is 0. The van der Waals surface area contributed by atoms with Crippen molar-refractivity contribution < 1.29 is 107 Å². The minimum Gasteiger partial charge on any atom is -0.268 e. The molecule has 0 spiro atoms. The number of amides is 4. The lowest BCUT2D eigenvalue weighted by atomic mass is 10.1. The fourth-order valence-electron chi connectivity index (χ4n) is 4.88. The third-order valence-electron chi connectivity index (χ3n) is 7.68. The van der Waals surface area contributed by atoms with Crippen LogP contribution in [-0.4, -0.2) is 28.6 Å². The fourth-order valence-corrected chi connectivity index (χ4v) is 4.88. The van der Waals surface area contributed by atoms with E-state index in [1.165, 1.54) is 0 Å². The van der Waals surface area contributed by atoms with Gasteiger partial charge < -0.3 is 0 Å². The van der Waals surface area contributed by atoms with Crippen molar-refractivity contribution in [2.24, 2.45) is 0 Å². The molecule has 4 aromatic carbocycles. The largest absolute Gasteiger partial charge is 0.272 e. The van der Waals surface area contributed by atoms with Crippen molar-refractivity contribution in [3.05, 3.63) is 157 Å². The number of imide groups is 2. The van der Waals surface area contributed by atoms with Gasteiger partial charge in [-0.05, 0) is 12.1 Å². The first-order valence-electron chi connectivity index (χ1n) is 14.6. The number of benzene rings is 4. The molecule has 0 aliphatic heterocycles. The number of anilines is 2. The minimum atomic E-state index is -3.15. The predicted molar refractivity (Wildman–Crippen MR) is 151 cm³/mol. The van der Waals surface area contributed by atoms with E-state index < -0.39 is 184 Å². The van der Waals surface area contributed by atoms with Crippen molar-refractivity contribution in [1.29, 1.82) is 0 Å². The van der Waals surface area contributed by atoms with Crippen LogP contribution < -0.4 is 9.80 Å². The van der Waals surface area contributed by atoms with Gasteiger partial charge in [-0.2, -0.15) is 0 Å². The molecule has 0 unspecified atom stereocenters. The van der Waals surface area contributed by atoms with Crippen molar-refractivity contribution in [1.82, 2.24) is 4.98 Å². The molecule has 0 saturated heterocycles. The highest BCUT2D eigenvalue weighted by Crippen LogP contribution is 2.34. The molecule has 0 aliphatic carbocycles. The van der Waals surface area contributed by atoms with Crippen molar-refractivity contribution in [3.8, 4) is 0 Å². The maximum atomic E-state index is 14.8. The van der Waals surface area contributed by atoms with Gasteiger partial charge in [0.05, 0.1) is 0 Å². The van der Waals surface area contributed by atoms with Crippen LogP contribution in [0, 0.1) is 116 Å². The summed E-state index contributed by atoms with van der Waals surface area (Å²) in [5, 5.41) is 0. The van der Waals surface area contributed by atoms with E-state index in [4.69, 9.17) is 0 Å². The number of carbonyl (C=O) groups excluding carboxylic acids is 4. The minimum absolute atomic E-state index is 0.0404. The molecule has 0 radical (unpaired) electrons. The number of carbonyl (C=O) groups is 4. The fraction of sp³-hybridized carbons (Fsp3) is 0. The molecule has 5 rings (SSSR count). The second-order valence-electron chi connectivity index (χ2n) is 11.0. The summed E-state index contributed by atoms with van der Waals surface area (Å²) in [5.74, 6) is -79.0. The third kappa shape index (κ3) is 6.57. The highest BCUT2D eigenvalue weighted by Gasteiger charge is 2.43. The standard InChI is InChI=1S/C33H3F20N3O4/c34-10-6(11(35)19(43)26(50)18(10)42)30(57)55(31(58)7-12(36)20(44)27(51)21(45)13(7)37)4-2-1-3-5(54-4)56(32(59)8-14(38)22(46)28(52)23(47)15(8)39)33(60)9-16(40)24(48)29(53)25(49)17(9)41/h1-3H. The maximum Gasteiger partial charge on any atom is 0.272 e. The van der Waals surface area contributed by atoms with Crippen LogP contribution in [0.15, 0.2) is 18.2 Å². The molecule has 0 aliphatic rings. The van der Waals surface area contributed by atoms with Crippen LogP contribution in [0.1, 0.15) is 41.4 Å². The van der Waals surface area contributed by atoms with E-state index in [-0.39, 0.29) is 18.2 Å². The summed E-state index contributed by atoms with van der Waals surface area (Å²) in [5.41, 5.74) is -11.4. The summed E-state index contributed by atoms with van der Waals surface area (Å²) in [7, 11) is 0. The Labute approximate surface area is 314 Å². The summed E-state index contributed by atoms with van der Waals surface area (Å²) in [4.78, 5) is 54.3. The lowest BCUT2D eigenvalue weighted by Crippen LogP contribution is -2.42. The topological polar surface area (TPSA) is 87.7 Å². The van der Waals surface area contributed by atoms with Gasteiger partial charge in [0.25, 0.3) is 23.6 Å². The average molecular weight is 885 g/mol. The molecule has 5 aromatic rings. The van der Waals surface area contributed by atoms with Crippen LogP contribution in [0.5, 0.6) is 0 Å². The van der Waals surface area contributed by atoms with E-state index in [0.717, 1.165) is 0 Å².